The lowest BCUT2D eigenvalue weighted by molar-refractivity contribution is -0.384. The van der Waals surface area contributed by atoms with Crippen molar-refractivity contribution in [3.05, 3.63) is 64.0 Å². The van der Waals surface area contributed by atoms with Gasteiger partial charge in [0.25, 0.3) is 5.69 Å². The van der Waals surface area contributed by atoms with Gasteiger partial charge in [0.1, 0.15) is 17.0 Å². The predicted molar refractivity (Wildman–Crippen MR) is 101 cm³/mol. The minimum absolute atomic E-state index is 0.0884. The number of para-hydroxylation sites is 1. The van der Waals surface area contributed by atoms with Crippen LogP contribution in [0.5, 0.6) is 0 Å². The molecule has 0 aliphatic heterocycles. The molecule has 0 unspecified atom stereocenters. The number of thioether (sulfide) groups is 1. The Kier molecular flexibility index (Phi) is 5.13. The molecule has 0 radical (unpaired) electrons. The largest absolute Gasteiger partial charge is 0.320 e. The second-order valence-electron chi connectivity index (χ2n) is 5.74. The Bertz CT molecular complexity index is 1000. The van der Waals surface area contributed by atoms with Gasteiger partial charge in [-0.3, -0.25) is 14.9 Å². The van der Waals surface area contributed by atoms with E-state index in [9.17, 15) is 14.9 Å². The monoisotopic (exact) mass is 368 g/mol. The van der Waals surface area contributed by atoms with E-state index in [1.54, 1.807) is 13.0 Å². The highest BCUT2D eigenvalue weighted by atomic mass is 32.2. The highest BCUT2D eigenvalue weighted by Crippen LogP contribution is 2.29. The van der Waals surface area contributed by atoms with E-state index < -0.39 is 4.92 Å². The van der Waals surface area contributed by atoms with E-state index in [0.717, 1.165) is 22.0 Å². The van der Waals surface area contributed by atoms with Crippen LogP contribution >= 0.6 is 11.8 Å². The molecule has 0 fully saturated rings. The van der Waals surface area contributed by atoms with Gasteiger partial charge in [-0.2, -0.15) is 0 Å². The predicted octanol–water partition coefficient (Wildman–Crippen LogP) is 3.89. The fourth-order valence-electron chi connectivity index (χ4n) is 2.47. The average molecular weight is 368 g/mol. The van der Waals surface area contributed by atoms with Crippen molar-refractivity contribution < 1.29 is 9.72 Å². The number of aryl methyl sites for hydroxylation is 2. The number of benzene rings is 2. The van der Waals surface area contributed by atoms with Gasteiger partial charge in [-0.15, -0.1) is 0 Å². The van der Waals surface area contributed by atoms with E-state index in [1.165, 1.54) is 24.2 Å². The van der Waals surface area contributed by atoms with Crippen LogP contribution in [0.15, 0.2) is 47.8 Å². The van der Waals surface area contributed by atoms with Crippen molar-refractivity contribution in [3.8, 4) is 0 Å². The number of nitrogens with one attached hydrogen (secondary N) is 1. The first-order chi connectivity index (χ1) is 12.5. The summed E-state index contributed by atoms with van der Waals surface area (Å²) >= 11 is 1.27. The number of rotatable bonds is 5. The summed E-state index contributed by atoms with van der Waals surface area (Å²) in [4.78, 5) is 31.4. The molecule has 1 amide bonds. The Labute approximate surface area is 154 Å². The Morgan fingerprint density at radius 2 is 1.92 bits per heavy atom. The normalized spacial score (nSPS) is 10.7. The molecule has 1 aromatic heterocycles. The van der Waals surface area contributed by atoms with Gasteiger partial charge in [-0.1, -0.05) is 30.0 Å². The number of nitrogens with zero attached hydrogens (tertiary/aromatic N) is 3. The summed E-state index contributed by atoms with van der Waals surface area (Å²) in [5, 5.41) is 15.4. The number of amides is 1. The fraction of sp³-hybridized carbons (Fsp3) is 0.167. The van der Waals surface area contributed by atoms with Gasteiger partial charge in [0.05, 0.1) is 16.2 Å². The van der Waals surface area contributed by atoms with Gasteiger partial charge in [0.15, 0.2) is 0 Å². The van der Waals surface area contributed by atoms with Crippen LogP contribution in [0.25, 0.3) is 10.9 Å². The van der Waals surface area contributed by atoms with Crippen LogP contribution in [0.4, 0.5) is 11.4 Å². The van der Waals surface area contributed by atoms with Crippen LogP contribution in [0.1, 0.15) is 11.1 Å². The van der Waals surface area contributed by atoms with Crippen LogP contribution in [0, 0.1) is 24.0 Å². The Balaban J connectivity index is 1.75. The molecule has 3 rings (SSSR count). The molecule has 0 bridgehead atoms. The minimum Gasteiger partial charge on any atom is -0.320 e. The summed E-state index contributed by atoms with van der Waals surface area (Å²) < 4.78 is 0. The first-order valence-corrected chi connectivity index (χ1v) is 8.82. The molecular formula is C18H16N4O3S. The topological polar surface area (TPSA) is 98.0 Å². The van der Waals surface area contributed by atoms with E-state index in [-0.39, 0.29) is 23.0 Å². The fourth-order valence-corrected chi connectivity index (χ4v) is 3.26. The van der Waals surface area contributed by atoms with Crippen LogP contribution in [0.3, 0.4) is 0 Å². The summed E-state index contributed by atoms with van der Waals surface area (Å²) in [5.41, 5.74) is 2.57. The SMILES string of the molecule is Cc1cc(NC(=O)CSc2ncnc3ccccc23)c([N+](=O)[O-])cc1C. The maximum Gasteiger partial charge on any atom is 0.293 e. The molecule has 0 saturated carbocycles. The zero-order valence-electron chi connectivity index (χ0n) is 14.2. The Morgan fingerprint density at radius 1 is 1.19 bits per heavy atom. The molecule has 2 aromatic carbocycles. The number of hydrogen-bond acceptors (Lipinski definition) is 6. The third kappa shape index (κ3) is 3.80. The number of carbonyl (C=O) groups is 1. The maximum atomic E-state index is 12.3. The van der Waals surface area contributed by atoms with Crippen LogP contribution in [-0.4, -0.2) is 26.6 Å². The van der Waals surface area contributed by atoms with Crippen molar-refractivity contribution in [2.24, 2.45) is 0 Å². The molecular weight excluding hydrogens is 352 g/mol. The second kappa shape index (κ2) is 7.49. The molecule has 0 aliphatic rings. The van der Waals surface area contributed by atoms with Crippen LogP contribution < -0.4 is 5.32 Å². The zero-order valence-corrected chi connectivity index (χ0v) is 15.0. The quantitative estimate of drug-likeness (QED) is 0.317. The van der Waals surface area contributed by atoms with Gasteiger partial charge < -0.3 is 5.32 Å². The number of carbonyl (C=O) groups excluding carboxylic acids is 1. The number of hydrogen-bond donors (Lipinski definition) is 1. The molecule has 0 aliphatic carbocycles. The number of nitro groups is 1. The third-order valence-corrected chi connectivity index (χ3v) is 4.93. The van der Waals surface area contributed by atoms with Gasteiger partial charge in [-0.25, -0.2) is 9.97 Å². The molecule has 7 nitrogen and oxygen atoms in total. The minimum atomic E-state index is -0.493. The lowest BCUT2D eigenvalue weighted by Gasteiger charge is -2.09. The van der Waals surface area contributed by atoms with Crippen molar-refractivity contribution in [2.75, 3.05) is 11.1 Å². The third-order valence-electron chi connectivity index (χ3n) is 3.93. The maximum absolute atomic E-state index is 12.3. The first-order valence-electron chi connectivity index (χ1n) is 7.83. The second-order valence-corrected chi connectivity index (χ2v) is 6.71. The van der Waals surface area contributed by atoms with Crippen molar-refractivity contribution in [2.45, 2.75) is 18.9 Å². The Morgan fingerprint density at radius 3 is 2.69 bits per heavy atom. The van der Waals surface area contributed by atoms with Crippen molar-refractivity contribution >= 4 is 39.9 Å². The molecule has 26 heavy (non-hydrogen) atoms. The van der Waals surface area contributed by atoms with E-state index in [1.807, 2.05) is 31.2 Å². The zero-order chi connectivity index (χ0) is 18.7. The molecule has 0 atom stereocenters. The van der Waals surface area contributed by atoms with Gasteiger partial charge in [0, 0.05) is 11.5 Å². The van der Waals surface area contributed by atoms with Crippen LogP contribution in [-0.2, 0) is 4.79 Å². The molecule has 1 heterocycles. The molecule has 3 aromatic rings. The van der Waals surface area contributed by atoms with E-state index in [4.69, 9.17) is 0 Å². The first kappa shape index (κ1) is 17.8. The summed E-state index contributed by atoms with van der Waals surface area (Å²) in [6.07, 6.45) is 1.46. The summed E-state index contributed by atoms with van der Waals surface area (Å²) in [6, 6.07) is 10.6. The smallest absolute Gasteiger partial charge is 0.293 e. The molecule has 8 heteroatoms. The van der Waals surface area contributed by atoms with Gasteiger partial charge in [-0.05, 0) is 37.1 Å². The lowest BCUT2D eigenvalue weighted by atomic mass is 10.1. The highest BCUT2D eigenvalue weighted by molar-refractivity contribution is 8.00. The van der Waals surface area contributed by atoms with Gasteiger partial charge >= 0.3 is 0 Å². The number of nitro benzene ring substituents is 1. The molecule has 1 N–H and O–H groups in total. The van der Waals surface area contributed by atoms with Crippen molar-refractivity contribution in [3.63, 3.8) is 0 Å². The van der Waals surface area contributed by atoms with E-state index in [0.29, 0.717) is 5.03 Å². The van der Waals surface area contributed by atoms with E-state index >= 15 is 0 Å². The standard InChI is InChI=1S/C18H16N4O3S/c1-11-7-15(16(22(24)25)8-12(11)2)21-17(23)9-26-18-13-5-3-4-6-14(13)19-10-20-18/h3-8,10H,9H2,1-2H3,(H,21,23). The molecule has 0 saturated heterocycles. The summed E-state index contributed by atoms with van der Waals surface area (Å²) in [6.45, 7) is 3.64. The highest BCUT2D eigenvalue weighted by Gasteiger charge is 2.18. The summed E-state index contributed by atoms with van der Waals surface area (Å²) in [7, 11) is 0. The number of anilines is 1. The van der Waals surface area contributed by atoms with Crippen molar-refractivity contribution in [1.29, 1.82) is 0 Å². The molecule has 0 spiro atoms. The molecule has 132 valence electrons. The van der Waals surface area contributed by atoms with Gasteiger partial charge in [0.2, 0.25) is 5.91 Å². The Hall–Kier alpha value is -3.00. The number of fused-ring (bicyclic) bond motifs is 1. The van der Waals surface area contributed by atoms with Crippen molar-refractivity contribution in [1.82, 2.24) is 9.97 Å². The lowest BCUT2D eigenvalue weighted by Crippen LogP contribution is -2.15. The number of aromatic nitrogens is 2. The summed E-state index contributed by atoms with van der Waals surface area (Å²) in [5.74, 6) is -0.241. The van der Waals surface area contributed by atoms with Crippen LogP contribution in [0.2, 0.25) is 0 Å². The average Bonchev–Trinajstić information content (AvgIpc) is 2.62. The van der Waals surface area contributed by atoms with E-state index in [2.05, 4.69) is 15.3 Å².